The Morgan fingerprint density at radius 3 is 2.85 bits per heavy atom. The molecule has 74 valence electrons. The summed E-state index contributed by atoms with van der Waals surface area (Å²) in [4.78, 5) is 10.7. The van der Waals surface area contributed by atoms with Gasteiger partial charge in [0.2, 0.25) is 0 Å². The molecule has 1 rings (SSSR count). The molecule has 0 aliphatic heterocycles. The molecule has 2 atom stereocenters. The normalized spacial score (nSPS) is 28.3. The van der Waals surface area contributed by atoms with Crippen molar-refractivity contribution < 1.29 is 9.90 Å². The number of allylic oxidation sites excluding steroid dienone is 1. The van der Waals surface area contributed by atoms with E-state index in [0.717, 1.165) is 12.8 Å². The predicted molar refractivity (Wildman–Crippen MR) is 52.5 cm³/mol. The Kier molecular flexibility index (Phi) is 3.52. The lowest BCUT2D eigenvalue weighted by atomic mass is 9.79. The second-order valence-electron chi connectivity index (χ2n) is 3.94. The predicted octanol–water partition coefficient (Wildman–Crippen LogP) is 2.84. The van der Waals surface area contributed by atoms with Crippen LogP contribution >= 0.6 is 0 Å². The van der Waals surface area contributed by atoms with E-state index in [9.17, 15) is 4.79 Å². The van der Waals surface area contributed by atoms with Crippen molar-refractivity contribution in [2.24, 2.45) is 11.8 Å². The highest BCUT2D eigenvalue weighted by atomic mass is 16.4. The summed E-state index contributed by atoms with van der Waals surface area (Å²) in [6.45, 7) is 4.31. The molecule has 0 heterocycles. The molecule has 2 heteroatoms. The Bertz CT molecular complexity index is 218. The fourth-order valence-corrected chi connectivity index (χ4v) is 2.10. The lowest BCUT2D eigenvalue weighted by molar-refractivity contribution is -0.133. The van der Waals surface area contributed by atoms with Crippen LogP contribution in [-0.2, 0) is 4.79 Å². The Balaban J connectivity index is 2.60. The van der Waals surface area contributed by atoms with E-state index in [1.54, 1.807) is 0 Å². The van der Waals surface area contributed by atoms with Gasteiger partial charge in [0.1, 0.15) is 0 Å². The van der Waals surface area contributed by atoms with Gasteiger partial charge in [-0.05, 0) is 24.7 Å². The van der Waals surface area contributed by atoms with Gasteiger partial charge in [0, 0.05) is 5.57 Å². The van der Waals surface area contributed by atoms with Crippen LogP contribution in [0.3, 0.4) is 0 Å². The van der Waals surface area contributed by atoms with Crippen molar-refractivity contribution in [3.8, 4) is 0 Å². The van der Waals surface area contributed by atoms with Crippen molar-refractivity contribution in [2.75, 3.05) is 0 Å². The minimum absolute atomic E-state index is 0.444. The van der Waals surface area contributed by atoms with Gasteiger partial charge in [-0.2, -0.15) is 0 Å². The lowest BCUT2D eigenvalue weighted by Crippen LogP contribution is -2.18. The summed E-state index contributed by atoms with van der Waals surface area (Å²) in [5.74, 6) is 0.412. The first-order valence-electron chi connectivity index (χ1n) is 5.09. The first-order chi connectivity index (χ1) is 6.15. The van der Waals surface area contributed by atoms with Crippen LogP contribution < -0.4 is 0 Å². The maximum Gasteiger partial charge on any atom is 0.331 e. The summed E-state index contributed by atoms with van der Waals surface area (Å²) < 4.78 is 0. The molecule has 2 nitrogen and oxygen atoms in total. The zero-order valence-corrected chi connectivity index (χ0v) is 8.42. The van der Waals surface area contributed by atoms with Gasteiger partial charge in [-0.1, -0.05) is 32.8 Å². The number of rotatable bonds is 3. The van der Waals surface area contributed by atoms with Crippen LogP contribution in [0.4, 0.5) is 0 Å². The molecule has 0 saturated heterocycles. The number of aliphatic carboxylic acids is 1. The van der Waals surface area contributed by atoms with Gasteiger partial charge in [0.15, 0.2) is 0 Å². The molecular weight excluding hydrogens is 164 g/mol. The Labute approximate surface area is 79.6 Å². The highest BCUT2D eigenvalue weighted by Gasteiger charge is 2.22. The third-order valence-electron chi connectivity index (χ3n) is 2.93. The molecule has 0 spiro atoms. The number of hydrogen-bond donors (Lipinski definition) is 1. The van der Waals surface area contributed by atoms with Crippen LogP contribution in [0.5, 0.6) is 0 Å². The zero-order chi connectivity index (χ0) is 9.84. The van der Waals surface area contributed by atoms with Gasteiger partial charge < -0.3 is 5.11 Å². The molecule has 1 aliphatic rings. The van der Waals surface area contributed by atoms with Crippen LogP contribution in [0.25, 0.3) is 0 Å². The van der Waals surface area contributed by atoms with E-state index in [1.807, 2.05) is 6.08 Å². The van der Waals surface area contributed by atoms with Crippen molar-refractivity contribution in [1.82, 2.24) is 0 Å². The summed E-state index contributed by atoms with van der Waals surface area (Å²) in [7, 11) is 0. The third-order valence-corrected chi connectivity index (χ3v) is 2.93. The minimum Gasteiger partial charge on any atom is -0.478 e. The maximum absolute atomic E-state index is 10.7. The van der Waals surface area contributed by atoms with E-state index < -0.39 is 5.97 Å². The molecule has 2 unspecified atom stereocenters. The Hall–Kier alpha value is -0.790. The van der Waals surface area contributed by atoms with E-state index in [4.69, 9.17) is 5.11 Å². The standard InChI is InChI=1S/C11H18O2/c1-3-4-9-5-6-10(11(12)13)7-8(9)2/h7-9H,3-6H2,1-2H3,(H,12,13). The average Bonchev–Trinajstić information content (AvgIpc) is 2.08. The van der Waals surface area contributed by atoms with E-state index in [-0.39, 0.29) is 0 Å². The second-order valence-corrected chi connectivity index (χ2v) is 3.94. The highest BCUT2D eigenvalue weighted by Crippen LogP contribution is 2.31. The molecule has 1 aliphatic carbocycles. The average molecular weight is 182 g/mol. The van der Waals surface area contributed by atoms with Crippen molar-refractivity contribution in [1.29, 1.82) is 0 Å². The molecule has 0 aromatic heterocycles. The first-order valence-corrected chi connectivity index (χ1v) is 5.09. The topological polar surface area (TPSA) is 37.3 Å². The molecule has 13 heavy (non-hydrogen) atoms. The molecule has 0 bridgehead atoms. The van der Waals surface area contributed by atoms with Crippen molar-refractivity contribution in [3.63, 3.8) is 0 Å². The minimum atomic E-state index is -0.734. The van der Waals surface area contributed by atoms with Crippen LogP contribution in [0, 0.1) is 11.8 Å². The van der Waals surface area contributed by atoms with E-state index in [0.29, 0.717) is 17.4 Å². The first kappa shape index (κ1) is 10.3. The van der Waals surface area contributed by atoms with E-state index in [1.165, 1.54) is 12.8 Å². The molecule has 0 saturated carbocycles. The van der Waals surface area contributed by atoms with Crippen molar-refractivity contribution >= 4 is 5.97 Å². The van der Waals surface area contributed by atoms with Crippen LogP contribution in [0.15, 0.2) is 11.6 Å². The fraction of sp³-hybridized carbons (Fsp3) is 0.727. The summed E-state index contributed by atoms with van der Waals surface area (Å²) in [6.07, 6.45) is 6.17. The Morgan fingerprint density at radius 1 is 1.69 bits per heavy atom. The zero-order valence-electron chi connectivity index (χ0n) is 8.42. The maximum atomic E-state index is 10.7. The highest BCUT2D eigenvalue weighted by molar-refractivity contribution is 5.86. The molecule has 0 amide bonds. The largest absolute Gasteiger partial charge is 0.478 e. The van der Waals surface area contributed by atoms with Gasteiger partial charge >= 0.3 is 5.97 Å². The van der Waals surface area contributed by atoms with Gasteiger partial charge in [-0.25, -0.2) is 4.79 Å². The SMILES string of the molecule is CCCC1CCC(C(=O)O)=CC1C. The fourth-order valence-electron chi connectivity index (χ4n) is 2.10. The summed E-state index contributed by atoms with van der Waals surface area (Å²) in [5.41, 5.74) is 0.611. The van der Waals surface area contributed by atoms with Crippen LogP contribution in [0.2, 0.25) is 0 Å². The summed E-state index contributed by atoms with van der Waals surface area (Å²) in [6, 6.07) is 0. The lowest BCUT2D eigenvalue weighted by Gasteiger charge is -2.26. The van der Waals surface area contributed by atoms with Gasteiger partial charge in [0.25, 0.3) is 0 Å². The smallest absolute Gasteiger partial charge is 0.331 e. The second kappa shape index (κ2) is 4.45. The van der Waals surface area contributed by atoms with E-state index in [2.05, 4.69) is 13.8 Å². The van der Waals surface area contributed by atoms with Crippen molar-refractivity contribution in [3.05, 3.63) is 11.6 Å². The van der Waals surface area contributed by atoms with Gasteiger partial charge in [-0.3, -0.25) is 0 Å². The number of carbonyl (C=O) groups is 1. The monoisotopic (exact) mass is 182 g/mol. The number of carboxylic acids is 1. The molecule has 1 N–H and O–H groups in total. The van der Waals surface area contributed by atoms with Crippen molar-refractivity contribution in [2.45, 2.75) is 39.5 Å². The molecule has 0 aromatic carbocycles. The molecular formula is C11H18O2. The van der Waals surface area contributed by atoms with Crippen LogP contribution in [-0.4, -0.2) is 11.1 Å². The molecule has 0 radical (unpaired) electrons. The van der Waals surface area contributed by atoms with E-state index >= 15 is 0 Å². The number of carboxylic acid groups (broad SMARTS) is 1. The summed E-state index contributed by atoms with van der Waals surface area (Å²) in [5, 5.41) is 8.80. The number of hydrogen-bond acceptors (Lipinski definition) is 1. The quantitative estimate of drug-likeness (QED) is 0.728. The third kappa shape index (κ3) is 2.58. The summed E-state index contributed by atoms with van der Waals surface area (Å²) >= 11 is 0. The van der Waals surface area contributed by atoms with Gasteiger partial charge in [0.05, 0.1) is 0 Å². The van der Waals surface area contributed by atoms with Gasteiger partial charge in [-0.15, -0.1) is 0 Å². The van der Waals surface area contributed by atoms with Crippen LogP contribution in [0.1, 0.15) is 39.5 Å². The Morgan fingerprint density at radius 2 is 2.38 bits per heavy atom. The molecule has 0 fully saturated rings. The molecule has 0 aromatic rings.